The summed E-state index contributed by atoms with van der Waals surface area (Å²) in [5.41, 5.74) is 1.79. The van der Waals surface area contributed by atoms with Crippen molar-refractivity contribution in [3.63, 3.8) is 0 Å². The summed E-state index contributed by atoms with van der Waals surface area (Å²) in [6, 6.07) is 3.43. The molecule has 2 atom stereocenters. The minimum Gasteiger partial charge on any atom is -0.482 e. The van der Waals surface area contributed by atoms with E-state index in [-0.39, 0.29) is 25.0 Å². The summed E-state index contributed by atoms with van der Waals surface area (Å²) in [6.45, 7) is 2.27. The number of nitrogens with zero attached hydrogens (tertiary/aromatic N) is 4. The van der Waals surface area contributed by atoms with Gasteiger partial charge < -0.3 is 14.7 Å². The predicted molar refractivity (Wildman–Crippen MR) is 88.1 cm³/mol. The van der Waals surface area contributed by atoms with Crippen LogP contribution in [0.2, 0.25) is 0 Å². The monoisotopic (exact) mass is 344 g/mol. The summed E-state index contributed by atoms with van der Waals surface area (Å²) in [5, 5.41) is 13.7. The Morgan fingerprint density at radius 3 is 2.76 bits per heavy atom. The van der Waals surface area contributed by atoms with Crippen molar-refractivity contribution in [2.24, 2.45) is 13.0 Å². The lowest BCUT2D eigenvalue weighted by atomic mass is 9.89. The van der Waals surface area contributed by atoms with Crippen LogP contribution < -0.4 is 4.74 Å². The van der Waals surface area contributed by atoms with E-state index in [1.807, 2.05) is 14.0 Å². The number of hydrogen-bond donors (Lipinski definition) is 1. The van der Waals surface area contributed by atoms with E-state index in [0.29, 0.717) is 12.3 Å². The Bertz CT molecular complexity index is 774. The first-order valence-electron chi connectivity index (χ1n) is 7.99. The smallest absolute Gasteiger partial charge is 0.308 e. The first kappa shape index (κ1) is 16.9. The summed E-state index contributed by atoms with van der Waals surface area (Å²) in [4.78, 5) is 29.5. The fourth-order valence-electron chi connectivity index (χ4n) is 3.12. The Kier molecular flexibility index (Phi) is 4.69. The fraction of sp³-hybridized carbons (Fsp3) is 0.412. The number of aryl methyl sites for hydroxylation is 1. The highest BCUT2D eigenvalue weighted by Crippen LogP contribution is 2.34. The first-order valence-corrected chi connectivity index (χ1v) is 7.99. The fourth-order valence-corrected chi connectivity index (χ4v) is 3.12. The van der Waals surface area contributed by atoms with Crippen LogP contribution in [0.4, 0.5) is 0 Å². The molecule has 0 bridgehead atoms. The highest BCUT2D eigenvalue weighted by Gasteiger charge is 2.41. The molecule has 0 aromatic carbocycles. The van der Waals surface area contributed by atoms with Crippen LogP contribution in [0.5, 0.6) is 5.75 Å². The van der Waals surface area contributed by atoms with Crippen molar-refractivity contribution in [1.29, 1.82) is 0 Å². The molecular weight excluding hydrogens is 324 g/mol. The molecule has 0 radical (unpaired) electrons. The molecule has 1 fully saturated rings. The molecule has 8 nitrogen and oxygen atoms in total. The third-order valence-corrected chi connectivity index (χ3v) is 4.66. The van der Waals surface area contributed by atoms with E-state index in [2.05, 4.69) is 10.1 Å². The van der Waals surface area contributed by atoms with Gasteiger partial charge in [-0.2, -0.15) is 5.10 Å². The molecule has 3 heterocycles. The maximum atomic E-state index is 12.4. The summed E-state index contributed by atoms with van der Waals surface area (Å²) >= 11 is 0. The van der Waals surface area contributed by atoms with Gasteiger partial charge in [0.05, 0.1) is 18.3 Å². The maximum Gasteiger partial charge on any atom is 0.308 e. The quantitative estimate of drug-likeness (QED) is 0.863. The minimum atomic E-state index is -0.906. The molecule has 132 valence electrons. The number of carbonyl (C=O) groups excluding carboxylic acids is 1. The van der Waals surface area contributed by atoms with Gasteiger partial charge in [0, 0.05) is 37.9 Å². The Morgan fingerprint density at radius 2 is 2.16 bits per heavy atom. The molecule has 8 heteroatoms. The SMILES string of the molecule is Cc1c([C@H]2CN(C(=O)COc3cccnc3)C[C@@H]2C(=O)O)cnn1C. The van der Waals surface area contributed by atoms with Gasteiger partial charge in [0.2, 0.25) is 0 Å². The molecule has 0 aliphatic carbocycles. The van der Waals surface area contributed by atoms with E-state index >= 15 is 0 Å². The number of carbonyl (C=O) groups is 2. The molecule has 3 rings (SSSR count). The average molecular weight is 344 g/mol. The van der Waals surface area contributed by atoms with Crippen LogP contribution in [-0.4, -0.2) is 56.3 Å². The summed E-state index contributed by atoms with van der Waals surface area (Å²) in [7, 11) is 1.81. The van der Waals surface area contributed by atoms with E-state index in [1.165, 1.54) is 6.20 Å². The van der Waals surface area contributed by atoms with Crippen molar-refractivity contribution in [2.45, 2.75) is 12.8 Å². The van der Waals surface area contributed by atoms with Crippen LogP contribution in [-0.2, 0) is 16.6 Å². The summed E-state index contributed by atoms with van der Waals surface area (Å²) < 4.78 is 7.14. The number of amides is 1. The van der Waals surface area contributed by atoms with Crippen LogP contribution in [0, 0.1) is 12.8 Å². The lowest BCUT2D eigenvalue weighted by Gasteiger charge is -2.16. The zero-order chi connectivity index (χ0) is 18.0. The first-order chi connectivity index (χ1) is 12.0. The summed E-state index contributed by atoms with van der Waals surface area (Å²) in [5.74, 6) is -1.56. The van der Waals surface area contributed by atoms with Gasteiger partial charge in [0.15, 0.2) is 6.61 Å². The number of likely N-dealkylation sites (tertiary alicyclic amines) is 1. The van der Waals surface area contributed by atoms with Gasteiger partial charge in [-0.25, -0.2) is 0 Å². The van der Waals surface area contributed by atoms with Crippen LogP contribution >= 0.6 is 0 Å². The third-order valence-electron chi connectivity index (χ3n) is 4.66. The highest BCUT2D eigenvalue weighted by molar-refractivity contribution is 5.80. The highest BCUT2D eigenvalue weighted by atomic mass is 16.5. The normalized spacial score (nSPS) is 19.8. The second-order valence-electron chi connectivity index (χ2n) is 6.14. The van der Waals surface area contributed by atoms with E-state index in [9.17, 15) is 14.7 Å². The Morgan fingerprint density at radius 1 is 1.36 bits per heavy atom. The molecule has 1 aliphatic rings. The molecule has 2 aromatic heterocycles. The Balaban J connectivity index is 1.70. The zero-order valence-corrected chi connectivity index (χ0v) is 14.1. The second-order valence-corrected chi connectivity index (χ2v) is 6.14. The van der Waals surface area contributed by atoms with E-state index in [1.54, 1.807) is 34.1 Å². The number of rotatable bonds is 5. The molecule has 2 aromatic rings. The van der Waals surface area contributed by atoms with E-state index in [0.717, 1.165) is 11.3 Å². The molecule has 0 saturated carbocycles. The van der Waals surface area contributed by atoms with Gasteiger partial charge in [-0.1, -0.05) is 0 Å². The van der Waals surface area contributed by atoms with Gasteiger partial charge in [-0.15, -0.1) is 0 Å². The zero-order valence-electron chi connectivity index (χ0n) is 14.1. The number of carboxylic acid groups (broad SMARTS) is 1. The van der Waals surface area contributed by atoms with Crippen LogP contribution in [0.3, 0.4) is 0 Å². The molecule has 1 N–H and O–H groups in total. The molecular formula is C17H20N4O4. The summed E-state index contributed by atoms with van der Waals surface area (Å²) in [6.07, 6.45) is 4.84. The van der Waals surface area contributed by atoms with Crippen LogP contribution in [0.1, 0.15) is 17.2 Å². The van der Waals surface area contributed by atoms with Crippen LogP contribution in [0.25, 0.3) is 0 Å². The predicted octanol–water partition coefficient (Wildman–Crippen LogP) is 0.829. The van der Waals surface area contributed by atoms with E-state index in [4.69, 9.17) is 4.74 Å². The largest absolute Gasteiger partial charge is 0.482 e. The van der Waals surface area contributed by atoms with Crippen molar-refractivity contribution in [3.8, 4) is 5.75 Å². The molecule has 1 saturated heterocycles. The number of aromatic nitrogens is 3. The van der Waals surface area contributed by atoms with Gasteiger partial charge in [0.25, 0.3) is 5.91 Å². The van der Waals surface area contributed by atoms with E-state index < -0.39 is 11.9 Å². The molecule has 0 unspecified atom stereocenters. The number of hydrogen-bond acceptors (Lipinski definition) is 5. The van der Waals surface area contributed by atoms with Crippen molar-refractivity contribution in [2.75, 3.05) is 19.7 Å². The Labute approximate surface area is 145 Å². The van der Waals surface area contributed by atoms with Gasteiger partial charge in [-0.05, 0) is 24.6 Å². The number of aliphatic carboxylic acids is 1. The van der Waals surface area contributed by atoms with Crippen molar-refractivity contribution in [3.05, 3.63) is 42.0 Å². The molecule has 25 heavy (non-hydrogen) atoms. The maximum absolute atomic E-state index is 12.4. The second kappa shape index (κ2) is 6.92. The minimum absolute atomic E-state index is 0.142. The topological polar surface area (TPSA) is 97.6 Å². The number of ether oxygens (including phenoxy) is 1. The average Bonchev–Trinajstić information content (AvgIpc) is 3.18. The number of carboxylic acids is 1. The van der Waals surface area contributed by atoms with Gasteiger partial charge in [0.1, 0.15) is 5.75 Å². The van der Waals surface area contributed by atoms with Crippen molar-refractivity contribution in [1.82, 2.24) is 19.7 Å². The standard InChI is InChI=1S/C17H20N4O4/c1-11-13(7-19-20(11)2)14-8-21(9-15(14)17(23)24)16(22)10-25-12-4-3-5-18-6-12/h3-7,14-15H,8-10H2,1-2H3,(H,23,24)/t14-,15+/m1/s1. The van der Waals surface area contributed by atoms with Crippen molar-refractivity contribution < 1.29 is 19.4 Å². The lowest BCUT2D eigenvalue weighted by molar-refractivity contribution is -0.142. The molecule has 0 spiro atoms. The third kappa shape index (κ3) is 3.47. The molecule has 1 amide bonds. The lowest BCUT2D eigenvalue weighted by Crippen LogP contribution is -2.33. The van der Waals surface area contributed by atoms with Crippen molar-refractivity contribution >= 4 is 11.9 Å². The Hall–Kier alpha value is -2.90. The van der Waals surface area contributed by atoms with Gasteiger partial charge >= 0.3 is 5.97 Å². The van der Waals surface area contributed by atoms with Gasteiger partial charge in [-0.3, -0.25) is 19.3 Å². The molecule has 1 aliphatic heterocycles. The number of pyridine rings is 1. The van der Waals surface area contributed by atoms with Crippen LogP contribution in [0.15, 0.2) is 30.7 Å².